The fourth-order valence-corrected chi connectivity index (χ4v) is 1.21. The van der Waals surface area contributed by atoms with Crippen molar-refractivity contribution in [3.63, 3.8) is 0 Å². The van der Waals surface area contributed by atoms with Gasteiger partial charge in [-0.25, -0.2) is 0 Å². The number of carbonyl (C=O) groups excluding carboxylic acids is 3. The maximum absolute atomic E-state index is 11.6. The Bertz CT molecular complexity index is 316. The fraction of sp³-hybridized carbons (Fsp3) is 0.750. The Morgan fingerprint density at radius 3 is 2.00 bits per heavy atom. The molecular formula is C12H23N3O3. The molecule has 0 spiro atoms. The Morgan fingerprint density at radius 2 is 1.56 bits per heavy atom. The highest BCUT2D eigenvalue weighted by Crippen LogP contribution is 2.08. The molecule has 3 N–H and O–H groups in total. The monoisotopic (exact) mass is 257 g/mol. The van der Waals surface area contributed by atoms with Crippen molar-refractivity contribution in [1.82, 2.24) is 16.0 Å². The van der Waals surface area contributed by atoms with Gasteiger partial charge >= 0.3 is 0 Å². The second-order valence-electron chi connectivity index (χ2n) is 4.65. The molecule has 0 fully saturated rings. The molecule has 0 rings (SSSR count). The zero-order valence-corrected chi connectivity index (χ0v) is 11.7. The van der Waals surface area contributed by atoms with Gasteiger partial charge in [0.05, 0.1) is 6.54 Å². The van der Waals surface area contributed by atoms with Gasteiger partial charge < -0.3 is 16.0 Å². The highest BCUT2D eigenvalue weighted by Gasteiger charge is 2.18. The summed E-state index contributed by atoms with van der Waals surface area (Å²) in [7, 11) is 1.50. The summed E-state index contributed by atoms with van der Waals surface area (Å²) in [5, 5.41) is 7.46. The molecule has 0 aromatic rings. The molecule has 0 radical (unpaired) electrons. The predicted octanol–water partition coefficient (Wildman–Crippen LogP) is -0.355. The second kappa shape index (κ2) is 7.68. The van der Waals surface area contributed by atoms with Crippen LogP contribution in [0.5, 0.6) is 0 Å². The summed E-state index contributed by atoms with van der Waals surface area (Å²) in [6.45, 7) is 7.16. The van der Waals surface area contributed by atoms with E-state index >= 15 is 0 Å². The highest BCUT2D eigenvalue weighted by atomic mass is 16.2. The van der Waals surface area contributed by atoms with E-state index in [0.717, 1.165) is 0 Å². The maximum Gasteiger partial charge on any atom is 0.242 e. The molecule has 0 saturated heterocycles. The zero-order valence-electron chi connectivity index (χ0n) is 11.7. The van der Waals surface area contributed by atoms with Crippen molar-refractivity contribution in [1.29, 1.82) is 0 Å². The summed E-state index contributed by atoms with van der Waals surface area (Å²) in [6.07, 6.45) is 0. The van der Waals surface area contributed by atoms with Gasteiger partial charge in [0.25, 0.3) is 0 Å². The third-order valence-electron chi connectivity index (χ3n) is 2.85. The second-order valence-corrected chi connectivity index (χ2v) is 4.65. The Labute approximate surface area is 108 Å². The fourth-order valence-electron chi connectivity index (χ4n) is 1.21. The van der Waals surface area contributed by atoms with E-state index < -0.39 is 6.04 Å². The van der Waals surface area contributed by atoms with Crippen LogP contribution < -0.4 is 16.0 Å². The van der Waals surface area contributed by atoms with Crippen LogP contribution in [-0.4, -0.2) is 37.4 Å². The Balaban J connectivity index is 4.05. The largest absolute Gasteiger partial charge is 0.357 e. The smallest absolute Gasteiger partial charge is 0.242 e. The summed E-state index contributed by atoms with van der Waals surface area (Å²) in [4.78, 5) is 34.2. The van der Waals surface area contributed by atoms with Crippen molar-refractivity contribution in [3.8, 4) is 0 Å². The van der Waals surface area contributed by atoms with Gasteiger partial charge in [0.2, 0.25) is 17.7 Å². The van der Waals surface area contributed by atoms with Crippen molar-refractivity contribution < 1.29 is 14.4 Å². The van der Waals surface area contributed by atoms with Crippen LogP contribution in [0.25, 0.3) is 0 Å². The summed E-state index contributed by atoms with van der Waals surface area (Å²) in [6, 6.07) is -0.609. The number of hydrogen-bond acceptors (Lipinski definition) is 3. The van der Waals surface area contributed by atoms with Crippen molar-refractivity contribution in [2.24, 2.45) is 11.8 Å². The molecule has 18 heavy (non-hydrogen) atoms. The topological polar surface area (TPSA) is 87.3 Å². The molecule has 3 amide bonds. The molecule has 0 heterocycles. The van der Waals surface area contributed by atoms with E-state index in [1.54, 1.807) is 6.92 Å². The Morgan fingerprint density at radius 1 is 1.00 bits per heavy atom. The first-order valence-electron chi connectivity index (χ1n) is 6.08. The molecule has 2 atom stereocenters. The van der Waals surface area contributed by atoms with Crippen LogP contribution in [0.1, 0.15) is 27.7 Å². The zero-order chi connectivity index (χ0) is 14.3. The number of amides is 3. The molecule has 0 aliphatic carbocycles. The standard InChI is InChI=1S/C12H23N3O3/c1-7(2)8(3)11(17)14-6-10(16)15-9(4)12(18)13-5/h7-9H,6H2,1-5H3,(H,13,18)(H,14,17)(H,15,16)/t8-,9-/m0/s1. The van der Waals surface area contributed by atoms with E-state index in [-0.39, 0.29) is 36.1 Å². The first-order chi connectivity index (χ1) is 8.29. The lowest BCUT2D eigenvalue weighted by Crippen LogP contribution is -2.47. The molecule has 6 heteroatoms. The summed E-state index contributed by atoms with van der Waals surface area (Å²) in [5.41, 5.74) is 0. The summed E-state index contributed by atoms with van der Waals surface area (Å²) >= 11 is 0. The number of rotatable bonds is 6. The van der Waals surface area contributed by atoms with Gasteiger partial charge in [-0.1, -0.05) is 20.8 Å². The minimum atomic E-state index is -0.609. The lowest BCUT2D eigenvalue weighted by molar-refractivity contribution is -0.130. The molecule has 0 aliphatic rings. The number of nitrogens with one attached hydrogen (secondary N) is 3. The highest BCUT2D eigenvalue weighted by molar-refractivity contribution is 5.90. The van der Waals surface area contributed by atoms with E-state index in [2.05, 4.69) is 16.0 Å². The molecular weight excluding hydrogens is 234 g/mol. The third kappa shape index (κ3) is 5.65. The minimum Gasteiger partial charge on any atom is -0.357 e. The normalized spacial score (nSPS) is 13.7. The molecule has 6 nitrogen and oxygen atoms in total. The van der Waals surface area contributed by atoms with E-state index in [4.69, 9.17) is 0 Å². The van der Waals surface area contributed by atoms with E-state index in [0.29, 0.717) is 0 Å². The van der Waals surface area contributed by atoms with E-state index in [1.807, 2.05) is 20.8 Å². The molecule has 0 unspecified atom stereocenters. The van der Waals surface area contributed by atoms with Gasteiger partial charge in [0.15, 0.2) is 0 Å². The van der Waals surface area contributed by atoms with Crippen LogP contribution in [0.2, 0.25) is 0 Å². The molecule has 0 bridgehead atoms. The van der Waals surface area contributed by atoms with Crippen LogP contribution in [0.15, 0.2) is 0 Å². The molecule has 0 aromatic heterocycles. The van der Waals surface area contributed by atoms with E-state index in [9.17, 15) is 14.4 Å². The average molecular weight is 257 g/mol. The predicted molar refractivity (Wildman–Crippen MR) is 68.7 cm³/mol. The Kier molecular flexibility index (Phi) is 7.00. The van der Waals surface area contributed by atoms with E-state index in [1.165, 1.54) is 7.05 Å². The van der Waals surface area contributed by atoms with Crippen LogP contribution in [0.3, 0.4) is 0 Å². The number of hydrogen-bond donors (Lipinski definition) is 3. The first kappa shape index (κ1) is 16.4. The van der Waals surface area contributed by atoms with Crippen molar-refractivity contribution in [3.05, 3.63) is 0 Å². The average Bonchev–Trinajstić information content (AvgIpc) is 2.33. The Hall–Kier alpha value is -1.59. The number of likely N-dealkylation sites (N-methyl/N-ethyl adjacent to an activating group) is 1. The summed E-state index contributed by atoms with van der Waals surface area (Å²) in [5.74, 6) is -0.736. The van der Waals surface area contributed by atoms with Crippen LogP contribution in [0, 0.1) is 11.8 Å². The molecule has 0 aliphatic heterocycles. The quantitative estimate of drug-likeness (QED) is 0.607. The molecule has 0 aromatic carbocycles. The molecule has 104 valence electrons. The minimum absolute atomic E-state index is 0.114. The van der Waals surface area contributed by atoms with Crippen molar-refractivity contribution >= 4 is 17.7 Å². The van der Waals surface area contributed by atoms with Gasteiger partial charge in [0, 0.05) is 13.0 Å². The number of carbonyl (C=O) groups is 3. The van der Waals surface area contributed by atoms with Crippen LogP contribution >= 0.6 is 0 Å². The van der Waals surface area contributed by atoms with Gasteiger partial charge in [-0.15, -0.1) is 0 Å². The van der Waals surface area contributed by atoms with Crippen molar-refractivity contribution in [2.45, 2.75) is 33.7 Å². The van der Waals surface area contributed by atoms with Crippen molar-refractivity contribution in [2.75, 3.05) is 13.6 Å². The maximum atomic E-state index is 11.6. The lowest BCUT2D eigenvalue weighted by atomic mass is 9.97. The molecule has 0 saturated carbocycles. The lowest BCUT2D eigenvalue weighted by Gasteiger charge is -2.16. The first-order valence-corrected chi connectivity index (χ1v) is 6.08. The third-order valence-corrected chi connectivity index (χ3v) is 2.85. The van der Waals surface area contributed by atoms with Gasteiger partial charge in [-0.05, 0) is 12.8 Å². The van der Waals surface area contributed by atoms with Gasteiger partial charge in [-0.2, -0.15) is 0 Å². The summed E-state index contributed by atoms with van der Waals surface area (Å²) < 4.78 is 0. The SMILES string of the molecule is CNC(=O)[C@H](C)NC(=O)CNC(=O)[C@@H](C)C(C)C. The van der Waals surface area contributed by atoms with Gasteiger partial charge in [-0.3, -0.25) is 14.4 Å². The van der Waals surface area contributed by atoms with Gasteiger partial charge in [0.1, 0.15) is 6.04 Å². The van der Waals surface area contributed by atoms with Crippen LogP contribution in [0.4, 0.5) is 0 Å². The van der Waals surface area contributed by atoms with Crippen LogP contribution in [-0.2, 0) is 14.4 Å².